The predicted octanol–water partition coefficient (Wildman–Crippen LogP) is 2.58. The van der Waals surface area contributed by atoms with Crippen LogP contribution in [0.3, 0.4) is 0 Å². The Morgan fingerprint density at radius 2 is 2.00 bits per heavy atom. The summed E-state index contributed by atoms with van der Waals surface area (Å²) in [6, 6.07) is 15.2. The third-order valence-corrected chi connectivity index (χ3v) is 4.66. The molecule has 1 unspecified atom stereocenters. The molecule has 0 saturated carbocycles. The number of amides is 2. The standard InChI is InChI=1S/C21H24N2O3/c1-15-4-3-5-17(12-15)21(25)22-18-13-20(24)23(14-18)11-10-16-6-8-19(26-2)9-7-16/h3-9,12,18H,10-11,13-14H2,1-2H3,(H,22,25). The van der Waals surface area contributed by atoms with Gasteiger partial charge in [-0.15, -0.1) is 0 Å². The highest BCUT2D eigenvalue weighted by atomic mass is 16.5. The van der Waals surface area contributed by atoms with Crippen LogP contribution in [0, 0.1) is 6.92 Å². The summed E-state index contributed by atoms with van der Waals surface area (Å²) in [6.07, 6.45) is 1.15. The number of rotatable bonds is 6. The molecule has 5 nitrogen and oxygen atoms in total. The molecule has 0 bridgehead atoms. The maximum absolute atomic E-state index is 12.4. The Morgan fingerprint density at radius 1 is 1.23 bits per heavy atom. The largest absolute Gasteiger partial charge is 0.497 e. The van der Waals surface area contributed by atoms with E-state index >= 15 is 0 Å². The van der Waals surface area contributed by atoms with Gasteiger partial charge in [-0.3, -0.25) is 9.59 Å². The van der Waals surface area contributed by atoms with Crippen LogP contribution in [0.25, 0.3) is 0 Å². The van der Waals surface area contributed by atoms with Gasteiger partial charge in [-0.05, 0) is 43.2 Å². The molecule has 0 aromatic heterocycles. The first kappa shape index (κ1) is 18.0. The van der Waals surface area contributed by atoms with Crippen LogP contribution < -0.4 is 10.1 Å². The van der Waals surface area contributed by atoms with Crippen molar-refractivity contribution in [3.05, 3.63) is 65.2 Å². The molecule has 26 heavy (non-hydrogen) atoms. The lowest BCUT2D eigenvalue weighted by Gasteiger charge is -2.17. The molecule has 0 aliphatic carbocycles. The van der Waals surface area contributed by atoms with Gasteiger partial charge in [-0.25, -0.2) is 0 Å². The molecule has 2 amide bonds. The van der Waals surface area contributed by atoms with Crippen LogP contribution in [0.15, 0.2) is 48.5 Å². The lowest BCUT2D eigenvalue weighted by molar-refractivity contribution is -0.127. The second kappa shape index (κ2) is 8.04. The molecule has 5 heteroatoms. The van der Waals surface area contributed by atoms with Crippen molar-refractivity contribution in [2.24, 2.45) is 0 Å². The molecule has 1 N–H and O–H groups in total. The van der Waals surface area contributed by atoms with Gasteiger partial charge in [0.15, 0.2) is 0 Å². The number of nitrogens with zero attached hydrogens (tertiary/aromatic N) is 1. The Labute approximate surface area is 154 Å². The Morgan fingerprint density at radius 3 is 2.69 bits per heavy atom. The molecule has 3 rings (SSSR count). The Kier molecular flexibility index (Phi) is 5.56. The van der Waals surface area contributed by atoms with E-state index in [1.807, 2.05) is 54.3 Å². The summed E-state index contributed by atoms with van der Waals surface area (Å²) in [7, 11) is 1.64. The summed E-state index contributed by atoms with van der Waals surface area (Å²) < 4.78 is 5.15. The fraction of sp³-hybridized carbons (Fsp3) is 0.333. The van der Waals surface area contributed by atoms with E-state index in [4.69, 9.17) is 4.74 Å². The fourth-order valence-corrected chi connectivity index (χ4v) is 3.20. The number of ether oxygens (including phenoxy) is 1. The van der Waals surface area contributed by atoms with Gasteiger partial charge in [0, 0.05) is 25.1 Å². The molecule has 2 aromatic carbocycles. The van der Waals surface area contributed by atoms with E-state index in [1.165, 1.54) is 0 Å². The summed E-state index contributed by atoms with van der Waals surface area (Å²) in [5.74, 6) is 0.793. The van der Waals surface area contributed by atoms with Crippen LogP contribution >= 0.6 is 0 Å². The number of carbonyl (C=O) groups excluding carboxylic acids is 2. The average molecular weight is 352 g/mol. The van der Waals surface area contributed by atoms with Gasteiger partial charge in [0.25, 0.3) is 5.91 Å². The molecule has 1 saturated heterocycles. The molecule has 1 fully saturated rings. The van der Waals surface area contributed by atoms with E-state index in [0.29, 0.717) is 25.1 Å². The Bertz CT molecular complexity index is 786. The van der Waals surface area contributed by atoms with E-state index in [2.05, 4.69) is 5.32 Å². The molecule has 136 valence electrons. The zero-order chi connectivity index (χ0) is 18.5. The third kappa shape index (κ3) is 4.42. The average Bonchev–Trinajstić information content (AvgIpc) is 2.99. The first-order valence-electron chi connectivity index (χ1n) is 8.83. The van der Waals surface area contributed by atoms with E-state index in [-0.39, 0.29) is 17.9 Å². The summed E-state index contributed by atoms with van der Waals surface area (Å²) in [5.41, 5.74) is 2.83. The number of carbonyl (C=O) groups is 2. The Balaban J connectivity index is 1.52. The van der Waals surface area contributed by atoms with Crippen molar-refractivity contribution in [1.82, 2.24) is 10.2 Å². The van der Waals surface area contributed by atoms with Gasteiger partial charge >= 0.3 is 0 Å². The molecular weight excluding hydrogens is 328 g/mol. The van der Waals surface area contributed by atoms with Crippen molar-refractivity contribution in [3.63, 3.8) is 0 Å². The van der Waals surface area contributed by atoms with Crippen molar-refractivity contribution >= 4 is 11.8 Å². The number of aryl methyl sites for hydroxylation is 1. The third-order valence-electron chi connectivity index (χ3n) is 4.66. The molecule has 1 aliphatic heterocycles. The van der Waals surface area contributed by atoms with Crippen LogP contribution in [-0.2, 0) is 11.2 Å². The van der Waals surface area contributed by atoms with E-state index in [0.717, 1.165) is 23.3 Å². The maximum Gasteiger partial charge on any atom is 0.251 e. The minimum absolute atomic E-state index is 0.0908. The van der Waals surface area contributed by atoms with E-state index < -0.39 is 0 Å². The molecule has 0 radical (unpaired) electrons. The Hall–Kier alpha value is -2.82. The summed E-state index contributed by atoms with van der Waals surface area (Å²) in [5, 5.41) is 2.98. The molecule has 1 heterocycles. The lowest BCUT2D eigenvalue weighted by atomic mass is 10.1. The minimum atomic E-state index is -0.133. The second-order valence-corrected chi connectivity index (χ2v) is 6.68. The zero-order valence-corrected chi connectivity index (χ0v) is 15.2. The summed E-state index contributed by atoms with van der Waals surface area (Å²) >= 11 is 0. The highest BCUT2D eigenvalue weighted by Crippen LogP contribution is 2.15. The van der Waals surface area contributed by atoms with Gasteiger partial charge in [-0.1, -0.05) is 29.8 Å². The van der Waals surface area contributed by atoms with Gasteiger partial charge in [-0.2, -0.15) is 0 Å². The van der Waals surface area contributed by atoms with Gasteiger partial charge < -0.3 is 15.0 Å². The van der Waals surface area contributed by atoms with Gasteiger partial charge in [0.05, 0.1) is 13.2 Å². The normalized spacial score (nSPS) is 16.6. The second-order valence-electron chi connectivity index (χ2n) is 6.68. The van der Waals surface area contributed by atoms with E-state index in [9.17, 15) is 9.59 Å². The van der Waals surface area contributed by atoms with Crippen molar-refractivity contribution in [2.45, 2.75) is 25.8 Å². The summed E-state index contributed by atoms with van der Waals surface area (Å²) in [6.45, 7) is 3.17. The van der Waals surface area contributed by atoms with Crippen molar-refractivity contribution in [2.75, 3.05) is 20.2 Å². The molecule has 0 spiro atoms. The highest BCUT2D eigenvalue weighted by molar-refractivity contribution is 5.95. The number of hydrogen-bond donors (Lipinski definition) is 1. The SMILES string of the molecule is COc1ccc(CCN2CC(NC(=O)c3cccc(C)c3)CC2=O)cc1. The monoisotopic (exact) mass is 352 g/mol. The highest BCUT2D eigenvalue weighted by Gasteiger charge is 2.30. The molecular formula is C21H24N2O3. The molecule has 1 atom stereocenters. The molecule has 2 aromatic rings. The first-order valence-corrected chi connectivity index (χ1v) is 8.83. The smallest absolute Gasteiger partial charge is 0.251 e. The number of methoxy groups -OCH3 is 1. The van der Waals surface area contributed by atoms with Crippen LogP contribution in [0.1, 0.15) is 27.9 Å². The summed E-state index contributed by atoms with van der Waals surface area (Å²) in [4.78, 5) is 26.4. The topological polar surface area (TPSA) is 58.6 Å². The van der Waals surface area contributed by atoms with Gasteiger partial charge in [0.2, 0.25) is 5.91 Å². The minimum Gasteiger partial charge on any atom is -0.497 e. The van der Waals surface area contributed by atoms with Crippen molar-refractivity contribution in [1.29, 1.82) is 0 Å². The van der Waals surface area contributed by atoms with Crippen molar-refractivity contribution in [3.8, 4) is 5.75 Å². The van der Waals surface area contributed by atoms with Crippen molar-refractivity contribution < 1.29 is 14.3 Å². The number of nitrogens with one attached hydrogen (secondary N) is 1. The first-order chi connectivity index (χ1) is 12.5. The lowest BCUT2D eigenvalue weighted by Crippen LogP contribution is -2.37. The van der Waals surface area contributed by atoms with Crippen LogP contribution in [0.4, 0.5) is 0 Å². The zero-order valence-electron chi connectivity index (χ0n) is 15.2. The molecule has 1 aliphatic rings. The number of hydrogen-bond acceptors (Lipinski definition) is 3. The number of likely N-dealkylation sites (tertiary alicyclic amines) is 1. The van der Waals surface area contributed by atoms with Crippen LogP contribution in [-0.4, -0.2) is 43.0 Å². The predicted molar refractivity (Wildman–Crippen MR) is 100 cm³/mol. The fourth-order valence-electron chi connectivity index (χ4n) is 3.20. The maximum atomic E-state index is 12.4. The van der Waals surface area contributed by atoms with E-state index in [1.54, 1.807) is 13.2 Å². The number of benzene rings is 2. The quantitative estimate of drug-likeness (QED) is 0.869. The van der Waals surface area contributed by atoms with Crippen LogP contribution in [0.5, 0.6) is 5.75 Å². The van der Waals surface area contributed by atoms with Gasteiger partial charge in [0.1, 0.15) is 5.75 Å². The van der Waals surface area contributed by atoms with Crippen LogP contribution in [0.2, 0.25) is 0 Å².